The zero-order valence-electron chi connectivity index (χ0n) is 11.8. The molecule has 0 aromatic heterocycles. The molecule has 6 nitrogen and oxygen atoms in total. The molecule has 6 heteroatoms. The van der Waals surface area contributed by atoms with Gasteiger partial charge < -0.3 is 15.2 Å². The largest absolute Gasteiger partial charge is 0.493 e. The van der Waals surface area contributed by atoms with Crippen LogP contribution in [0.3, 0.4) is 0 Å². The van der Waals surface area contributed by atoms with Crippen molar-refractivity contribution in [3.8, 4) is 17.2 Å². The van der Waals surface area contributed by atoms with E-state index in [1.54, 1.807) is 12.1 Å². The molecule has 0 saturated carbocycles. The third kappa shape index (κ3) is 3.49. The van der Waals surface area contributed by atoms with Crippen molar-refractivity contribution in [2.45, 2.75) is 13.0 Å². The fourth-order valence-electron chi connectivity index (χ4n) is 1.85. The topological polar surface area (TPSA) is 87.6 Å². The Hall–Kier alpha value is -2.60. The first-order chi connectivity index (χ1) is 10.0. The minimum Gasteiger partial charge on any atom is -0.493 e. The van der Waals surface area contributed by atoms with Gasteiger partial charge in [-0.2, -0.15) is 0 Å². The first kappa shape index (κ1) is 14.8. The van der Waals surface area contributed by atoms with E-state index < -0.39 is 4.92 Å². The van der Waals surface area contributed by atoms with Crippen LogP contribution in [0.15, 0.2) is 42.5 Å². The van der Waals surface area contributed by atoms with Gasteiger partial charge in [-0.1, -0.05) is 12.1 Å². The number of hydrogen-bond donors (Lipinski definition) is 1. The minimum absolute atomic E-state index is 0.0610. The number of hydrogen-bond acceptors (Lipinski definition) is 5. The van der Waals surface area contributed by atoms with E-state index in [0.29, 0.717) is 11.5 Å². The quantitative estimate of drug-likeness (QED) is 0.672. The van der Waals surface area contributed by atoms with Crippen molar-refractivity contribution in [2.24, 2.45) is 5.73 Å². The minimum atomic E-state index is -0.481. The lowest BCUT2D eigenvalue weighted by atomic mass is 10.1. The summed E-state index contributed by atoms with van der Waals surface area (Å²) in [7, 11) is 1.48. The average Bonchev–Trinajstić information content (AvgIpc) is 2.47. The highest BCUT2D eigenvalue weighted by atomic mass is 16.6. The number of nitrogens with two attached hydrogens (primary N) is 1. The van der Waals surface area contributed by atoms with Gasteiger partial charge in [0.2, 0.25) is 0 Å². The van der Waals surface area contributed by atoms with E-state index >= 15 is 0 Å². The smallest absolute Gasteiger partial charge is 0.273 e. The van der Waals surface area contributed by atoms with Crippen molar-refractivity contribution in [1.29, 1.82) is 0 Å². The van der Waals surface area contributed by atoms with Crippen LogP contribution in [0, 0.1) is 10.1 Å². The standard InChI is InChI=1S/C15H16N2O4/c1-10(16)11-4-3-5-13(8-11)21-15-9-12(17(18)19)6-7-14(15)20-2/h3-10H,16H2,1-2H3. The third-order valence-corrected chi connectivity index (χ3v) is 2.97. The monoisotopic (exact) mass is 288 g/mol. The molecule has 0 bridgehead atoms. The molecule has 0 saturated heterocycles. The summed E-state index contributed by atoms with van der Waals surface area (Å²) in [6.07, 6.45) is 0. The Kier molecular flexibility index (Phi) is 4.39. The fourth-order valence-corrected chi connectivity index (χ4v) is 1.85. The van der Waals surface area contributed by atoms with Gasteiger partial charge in [0.05, 0.1) is 18.1 Å². The first-order valence-corrected chi connectivity index (χ1v) is 6.37. The van der Waals surface area contributed by atoms with Crippen molar-refractivity contribution < 1.29 is 14.4 Å². The van der Waals surface area contributed by atoms with Crippen LogP contribution in [0.25, 0.3) is 0 Å². The molecule has 0 radical (unpaired) electrons. The van der Waals surface area contributed by atoms with Gasteiger partial charge in [0, 0.05) is 12.1 Å². The van der Waals surface area contributed by atoms with E-state index in [0.717, 1.165) is 5.56 Å². The number of ether oxygens (including phenoxy) is 2. The number of methoxy groups -OCH3 is 1. The Morgan fingerprint density at radius 2 is 1.95 bits per heavy atom. The lowest BCUT2D eigenvalue weighted by Gasteiger charge is -2.12. The molecule has 2 N–H and O–H groups in total. The molecule has 0 spiro atoms. The Morgan fingerprint density at radius 3 is 2.57 bits per heavy atom. The van der Waals surface area contributed by atoms with E-state index in [1.807, 2.05) is 19.1 Å². The molecule has 2 aromatic carbocycles. The van der Waals surface area contributed by atoms with Gasteiger partial charge in [-0.25, -0.2) is 0 Å². The van der Waals surface area contributed by atoms with Crippen molar-refractivity contribution in [1.82, 2.24) is 0 Å². The van der Waals surface area contributed by atoms with Crippen molar-refractivity contribution >= 4 is 5.69 Å². The molecule has 110 valence electrons. The summed E-state index contributed by atoms with van der Waals surface area (Å²) in [6.45, 7) is 1.87. The first-order valence-electron chi connectivity index (χ1n) is 6.37. The number of rotatable bonds is 5. The normalized spacial score (nSPS) is 11.8. The van der Waals surface area contributed by atoms with Crippen LogP contribution < -0.4 is 15.2 Å². The van der Waals surface area contributed by atoms with E-state index in [4.69, 9.17) is 15.2 Å². The lowest BCUT2D eigenvalue weighted by Crippen LogP contribution is -2.04. The van der Waals surface area contributed by atoms with E-state index in [9.17, 15) is 10.1 Å². The molecule has 1 unspecified atom stereocenters. The second-order valence-corrected chi connectivity index (χ2v) is 4.56. The maximum atomic E-state index is 10.8. The number of nitro groups is 1. The molecule has 0 aliphatic rings. The highest BCUT2D eigenvalue weighted by molar-refractivity contribution is 5.50. The van der Waals surface area contributed by atoms with Gasteiger partial charge in [0.15, 0.2) is 11.5 Å². The molecule has 0 amide bonds. The van der Waals surface area contributed by atoms with Crippen molar-refractivity contribution in [2.75, 3.05) is 7.11 Å². The van der Waals surface area contributed by atoms with Crippen LogP contribution in [0.4, 0.5) is 5.69 Å². The fraction of sp³-hybridized carbons (Fsp3) is 0.200. The van der Waals surface area contributed by atoms with Crippen molar-refractivity contribution in [3.05, 3.63) is 58.1 Å². The SMILES string of the molecule is COc1ccc([N+](=O)[O-])cc1Oc1cccc(C(C)N)c1. The van der Waals surface area contributed by atoms with Crippen LogP contribution in [-0.4, -0.2) is 12.0 Å². The van der Waals surface area contributed by atoms with Crippen molar-refractivity contribution in [3.63, 3.8) is 0 Å². The zero-order valence-corrected chi connectivity index (χ0v) is 11.8. The molecule has 2 rings (SSSR count). The third-order valence-electron chi connectivity index (χ3n) is 2.97. The van der Waals surface area contributed by atoms with Crippen LogP contribution >= 0.6 is 0 Å². The van der Waals surface area contributed by atoms with E-state index in [-0.39, 0.29) is 17.5 Å². The molecule has 0 heterocycles. The predicted octanol–water partition coefficient (Wildman–Crippen LogP) is 3.42. The van der Waals surface area contributed by atoms with Gasteiger partial charge in [0.1, 0.15) is 5.75 Å². The molecule has 21 heavy (non-hydrogen) atoms. The highest BCUT2D eigenvalue weighted by Crippen LogP contribution is 2.35. The van der Waals surface area contributed by atoms with Crippen LogP contribution in [0.1, 0.15) is 18.5 Å². The Labute approximate surface area is 122 Å². The lowest BCUT2D eigenvalue weighted by molar-refractivity contribution is -0.384. The van der Waals surface area contributed by atoms with Crippen LogP contribution in [0.5, 0.6) is 17.2 Å². The summed E-state index contributed by atoms with van der Waals surface area (Å²) in [5, 5.41) is 10.8. The van der Waals surface area contributed by atoms with Gasteiger partial charge in [0.25, 0.3) is 5.69 Å². The van der Waals surface area contributed by atoms with Gasteiger partial charge in [-0.3, -0.25) is 10.1 Å². The summed E-state index contributed by atoms with van der Waals surface area (Å²) in [5.74, 6) is 1.25. The van der Waals surface area contributed by atoms with Gasteiger partial charge in [-0.15, -0.1) is 0 Å². The molecule has 2 aromatic rings. The number of non-ortho nitro benzene ring substituents is 1. The second-order valence-electron chi connectivity index (χ2n) is 4.56. The van der Waals surface area contributed by atoms with E-state index in [2.05, 4.69) is 0 Å². The zero-order chi connectivity index (χ0) is 15.4. The van der Waals surface area contributed by atoms with E-state index in [1.165, 1.54) is 25.3 Å². The Bertz CT molecular complexity index is 656. The molecule has 0 aliphatic carbocycles. The van der Waals surface area contributed by atoms with Crippen LogP contribution in [0.2, 0.25) is 0 Å². The Balaban J connectivity index is 2.35. The summed E-state index contributed by atoms with van der Waals surface area (Å²) in [6, 6.07) is 11.3. The number of nitro benzene ring substituents is 1. The average molecular weight is 288 g/mol. The second kappa shape index (κ2) is 6.23. The molecular formula is C15H16N2O4. The number of nitrogens with zero attached hydrogens (tertiary/aromatic N) is 1. The maximum absolute atomic E-state index is 10.8. The number of benzene rings is 2. The molecule has 1 atom stereocenters. The van der Waals surface area contributed by atoms with Crippen LogP contribution in [-0.2, 0) is 0 Å². The highest BCUT2D eigenvalue weighted by Gasteiger charge is 2.13. The summed E-state index contributed by atoms with van der Waals surface area (Å²) in [4.78, 5) is 10.4. The summed E-state index contributed by atoms with van der Waals surface area (Å²) < 4.78 is 10.9. The molecule has 0 aliphatic heterocycles. The van der Waals surface area contributed by atoms with Gasteiger partial charge in [-0.05, 0) is 30.7 Å². The summed E-state index contributed by atoms with van der Waals surface area (Å²) in [5.41, 5.74) is 6.68. The molecule has 0 fully saturated rings. The predicted molar refractivity (Wildman–Crippen MR) is 78.8 cm³/mol. The summed E-state index contributed by atoms with van der Waals surface area (Å²) >= 11 is 0. The van der Waals surface area contributed by atoms with Gasteiger partial charge >= 0.3 is 0 Å². The Morgan fingerprint density at radius 1 is 1.19 bits per heavy atom. The molecular weight excluding hydrogens is 272 g/mol. The maximum Gasteiger partial charge on any atom is 0.273 e.